The molecule has 0 radical (unpaired) electrons. The molecule has 3 aromatic heterocycles. The number of ether oxygens (including phenoxy) is 1. The van der Waals surface area contributed by atoms with Gasteiger partial charge in [-0.2, -0.15) is 0 Å². The summed E-state index contributed by atoms with van der Waals surface area (Å²) in [6.45, 7) is 3.96. The first kappa shape index (κ1) is 32.7. The third kappa shape index (κ3) is 8.22. The maximum Gasteiger partial charge on any atom is 0.191 e. The van der Waals surface area contributed by atoms with Crippen molar-refractivity contribution >= 4 is 54.8 Å². The van der Waals surface area contributed by atoms with E-state index in [2.05, 4.69) is 55.5 Å². The lowest BCUT2D eigenvalue weighted by atomic mass is 10.0. The van der Waals surface area contributed by atoms with Crippen LogP contribution < -0.4 is 20.3 Å². The third-order valence-electron chi connectivity index (χ3n) is 7.75. The molecular weight excluding hydrogens is 638 g/mol. The van der Waals surface area contributed by atoms with Gasteiger partial charge in [-0.3, -0.25) is 0 Å². The summed E-state index contributed by atoms with van der Waals surface area (Å²) in [6.07, 6.45) is 5.01. The average molecular weight is 674 g/mol. The lowest BCUT2D eigenvalue weighted by Crippen LogP contribution is -2.27. The molecule has 10 nitrogen and oxygen atoms in total. The Balaban J connectivity index is 0.998. The van der Waals surface area contributed by atoms with E-state index in [0.717, 1.165) is 74.8 Å². The van der Waals surface area contributed by atoms with Gasteiger partial charge in [0.25, 0.3) is 0 Å². The molecule has 0 amide bonds. The topological polar surface area (TPSA) is 129 Å². The second-order valence-electron chi connectivity index (χ2n) is 11.2. The molecule has 2 aromatic carbocycles. The molecule has 1 aliphatic rings. The molecule has 13 heteroatoms. The molecule has 1 atom stereocenters. The highest BCUT2D eigenvalue weighted by Gasteiger charge is 2.26. The van der Waals surface area contributed by atoms with E-state index in [1.54, 1.807) is 34.8 Å². The van der Waals surface area contributed by atoms with E-state index in [1.807, 2.05) is 24.4 Å². The number of nitrogens with zero attached hydrogens (tertiary/aromatic N) is 5. The summed E-state index contributed by atoms with van der Waals surface area (Å²) >= 11 is 3.23. The maximum absolute atomic E-state index is 14.6. The maximum atomic E-state index is 14.6. The van der Waals surface area contributed by atoms with Crippen molar-refractivity contribution in [2.24, 2.45) is 0 Å². The van der Waals surface area contributed by atoms with Crippen molar-refractivity contribution in [3.8, 4) is 17.6 Å². The molecule has 0 spiro atoms. The van der Waals surface area contributed by atoms with Gasteiger partial charge in [0.1, 0.15) is 0 Å². The zero-order valence-electron chi connectivity index (χ0n) is 26.0. The van der Waals surface area contributed by atoms with Crippen LogP contribution in [0.25, 0.3) is 10.2 Å². The number of rotatable bonds is 13. The molecule has 0 saturated carbocycles. The van der Waals surface area contributed by atoms with Crippen molar-refractivity contribution in [1.82, 2.24) is 25.5 Å². The first-order chi connectivity index (χ1) is 23.0. The quantitative estimate of drug-likeness (QED) is 0.0938. The molecule has 0 fully saturated rings. The fourth-order valence-corrected chi connectivity index (χ4v) is 7.07. The smallest absolute Gasteiger partial charge is 0.191 e. The highest BCUT2D eigenvalue weighted by Crippen LogP contribution is 2.38. The van der Waals surface area contributed by atoms with Crippen molar-refractivity contribution in [2.75, 3.05) is 43.1 Å². The number of halogens is 1. The zero-order valence-corrected chi connectivity index (χ0v) is 27.6. The van der Waals surface area contributed by atoms with Crippen molar-refractivity contribution in [3.63, 3.8) is 0 Å². The van der Waals surface area contributed by atoms with Crippen molar-refractivity contribution in [3.05, 3.63) is 76.0 Å². The van der Waals surface area contributed by atoms with Gasteiger partial charge in [-0.05, 0) is 75.9 Å². The Kier molecular flexibility index (Phi) is 10.9. The van der Waals surface area contributed by atoms with Gasteiger partial charge in [0, 0.05) is 34.3 Å². The molecule has 0 bridgehead atoms. The van der Waals surface area contributed by atoms with Gasteiger partial charge < -0.3 is 30.5 Å². The van der Waals surface area contributed by atoms with Gasteiger partial charge in [-0.15, -0.1) is 21.5 Å². The van der Waals surface area contributed by atoms with E-state index in [9.17, 15) is 9.50 Å². The fourth-order valence-electron chi connectivity index (χ4n) is 5.23. The normalized spacial score (nSPS) is 13.2. The molecule has 0 aliphatic carbocycles. The number of thiazole rings is 2. The number of para-hydroxylation sites is 1. The Hall–Kier alpha value is -4.19. The average Bonchev–Trinajstić information content (AvgIpc) is 3.73. The third-order valence-corrected chi connectivity index (χ3v) is 9.78. The molecule has 0 unspecified atom stereocenters. The molecule has 1 aliphatic heterocycles. The van der Waals surface area contributed by atoms with Crippen LogP contribution >= 0.6 is 22.7 Å². The minimum atomic E-state index is -0.733. The number of aromatic nitrogens is 4. The Bertz CT molecular complexity index is 1850. The minimum absolute atomic E-state index is 0.201. The summed E-state index contributed by atoms with van der Waals surface area (Å²) in [5, 5.41) is 35.5. The van der Waals surface area contributed by atoms with Crippen LogP contribution in [0.3, 0.4) is 0 Å². The molecular formula is C34H36FN7O3S2. The molecule has 4 N–H and O–H groups in total. The van der Waals surface area contributed by atoms with Crippen LogP contribution in [0.2, 0.25) is 0 Å². The Morgan fingerprint density at radius 1 is 1.17 bits per heavy atom. The second-order valence-corrected chi connectivity index (χ2v) is 13.3. The molecule has 47 heavy (non-hydrogen) atoms. The Labute approximate surface area is 280 Å². The number of fused-ring (bicyclic) bond motifs is 2. The summed E-state index contributed by atoms with van der Waals surface area (Å²) in [4.78, 5) is 12.7. The van der Waals surface area contributed by atoms with E-state index in [4.69, 9.17) is 14.8 Å². The van der Waals surface area contributed by atoms with Crippen molar-refractivity contribution in [1.29, 1.82) is 0 Å². The van der Waals surface area contributed by atoms with Gasteiger partial charge in [0.15, 0.2) is 33.5 Å². The number of aryl methyl sites for hydroxylation is 1. The number of anilines is 4. The molecule has 0 saturated heterocycles. The zero-order chi connectivity index (χ0) is 32.6. The van der Waals surface area contributed by atoms with Crippen LogP contribution in [0, 0.1) is 24.6 Å². The van der Waals surface area contributed by atoms with E-state index in [0.29, 0.717) is 31.7 Å². The molecule has 5 aromatic rings. The summed E-state index contributed by atoms with van der Waals surface area (Å²) in [6, 6.07) is 12.8. The van der Waals surface area contributed by atoms with Gasteiger partial charge in [-0.1, -0.05) is 35.3 Å². The second kappa shape index (κ2) is 15.6. The highest BCUT2D eigenvalue weighted by molar-refractivity contribution is 7.22. The van der Waals surface area contributed by atoms with Crippen LogP contribution in [0.1, 0.15) is 40.8 Å². The number of aliphatic hydroxyl groups excluding tert-OH is 2. The first-order valence-electron chi connectivity index (χ1n) is 15.6. The standard InChI is InChI=1S/C34H36FN7O3S2/c1-22-26-9-5-17-42(32(26)41-40-31(22)39-33-38-28-10-2-3-11-30(28)47-33)34-37-20-25(46-34)8-6-18-45-29-13-12-23(19-27(29)35)7-4-15-36-16-14-24(44)21-43/h2-3,10-13,19-20,24,36,43-44H,5-6,8-9,14-18,21H2,1H3,(H,38,39,40)/t24-/m0/s1. The highest BCUT2D eigenvalue weighted by atomic mass is 32.1. The molecule has 4 heterocycles. The Morgan fingerprint density at radius 2 is 2.06 bits per heavy atom. The first-order valence-corrected chi connectivity index (χ1v) is 17.2. The van der Waals surface area contributed by atoms with Crippen molar-refractivity contribution < 1.29 is 19.3 Å². The monoisotopic (exact) mass is 673 g/mol. The predicted octanol–water partition coefficient (Wildman–Crippen LogP) is 5.51. The molecule has 6 rings (SSSR count). The van der Waals surface area contributed by atoms with E-state index < -0.39 is 11.9 Å². The van der Waals surface area contributed by atoms with Gasteiger partial charge in [-0.25, -0.2) is 14.4 Å². The fraction of sp³-hybridized carbons (Fsp3) is 0.353. The number of nitrogens with one attached hydrogen (secondary N) is 2. The number of aliphatic hydroxyl groups is 2. The van der Waals surface area contributed by atoms with Crippen LogP contribution in [-0.4, -0.2) is 69.3 Å². The number of hydrogen-bond donors (Lipinski definition) is 4. The van der Waals surface area contributed by atoms with Gasteiger partial charge in [0.2, 0.25) is 0 Å². The van der Waals surface area contributed by atoms with Crippen LogP contribution in [0.4, 0.5) is 26.3 Å². The summed E-state index contributed by atoms with van der Waals surface area (Å²) < 4.78 is 21.5. The SMILES string of the molecule is Cc1c(Nc2nc3ccccc3s2)nnc2c1CCCN2c1ncc(CCCOc2ccc(C#CCNCC[C@H](O)CO)cc2F)s1. The lowest BCUT2D eigenvalue weighted by Gasteiger charge is -2.28. The minimum Gasteiger partial charge on any atom is -0.491 e. The van der Waals surface area contributed by atoms with Crippen LogP contribution in [0.15, 0.2) is 48.7 Å². The van der Waals surface area contributed by atoms with E-state index >= 15 is 0 Å². The van der Waals surface area contributed by atoms with Gasteiger partial charge >= 0.3 is 0 Å². The van der Waals surface area contributed by atoms with Crippen LogP contribution in [-0.2, 0) is 12.8 Å². The van der Waals surface area contributed by atoms with E-state index in [-0.39, 0.29) is 12.4 Å². The van der Waals surface area contributed by atoms with Gasteiger partial charge in [0.05, 0.1) is 36.1 Å². The lowest BCUT2D eigenvalue weighted by molar-refractivity contribution is 0.0886. The number of benzene rings is 2. The molecule has 244 valence electrons. The largest absolute Gasteiger partial charge is 0.491 e. The number of hydrogen-bond acceptors (Lipinski definition) is 12. The van der Waals surface area contributed by atoms with Crippen molar-refractivity contribution in [2.45, 2.75) is 45.1 Å². The predicted molar refractivity (Wildman–Crippen MR) is 185 cm³/mol. The van der Waals surface area contributed by atoms with Crippen LogP contribution in [0.5, 0.6) is 5.75 Å². The Morgan fingerprint density at radius 3 is 2.91 bits per heavy atom. The summed E-state index contributed by atoms with van der Waals surface area (Å²) in [7, 11) is 0. The summed E-state index contributed by atoms with van der Waals surface area (Å²) in [5.74, 6) is 7.17. The summed E-state index contributed by atoms with van der Waals surface area (Å²) in [5.41, 5.74) is 3.77. The van der Waals surface area contributed by atoms with E-state index in [1.165, 1.54) is 11.6 Å².